The molecule has 0 aliphatic rings. The molecule has 0 spiro atoms. The number of methoxy groups -OCH3 is 3. The van der Waals surface area contributed by atoms with Gasteiger partial charge in [-0.2, -0.15) is 0 Å². The van der Waals surface area contributed by atoms with Crippen molar-refractivity contribution in [3.8, 4) is 0 Å². The molecule has 3 N–H and O–H groups in total. The molecule has 0 aliphatic heterocycles. The van der Waals surface area contributed by atoms with Gasteiger partial charge in [-0.25, -0.2) is 0 Å². The molecule has 0 saturated heterocycles. The van der Waals surface area contributed by atoms with E-state index in [4.69, 9.17) is 27.9 Å². The number of hydrogen-bond donors (Lipinski definition) is 3. The van der Waals surface area contributed by atoms with Crippen LogP contribution in [0.1, 0.15) is 87.1 Å². The Morgan fingerprint density at radius 3 is 1.23 bits per heavy atom. The van der Waals surface area contributed by atoms with Gasteiger partial charge in [0.05, 0.1) is 51.3 Å². The number of carbonyl (C=O) groups excluding carboxylic acids is 6. The number of rotatable bonds is 21. The molecule has 3 unspecified atom stereocenters. The molecule has 3 aromatic carbocycles. The van der Waals surface area contributed by atoms with E-state index in [1.54, 1.807) is 36.4 Å². The van der Waals surface area contributed by atoms with E-state index in [9.17, 15) is 28.8 Å². The van der Waals surface area contributed by atoms with E-state index in [0.29, 0.717) is 11.1 Å². The van der Waals surface area contributed by atoms with Crippen molar-refractivity contribution in [1.29, 1.82) is 0 Å². The predicted octanol–water partition coefficient (Wildman–Crippen LogP) is 5.56. The molecule has 0 saturated carbocycles. The highest BCUT2D eigenvalue weighted by atomic mass is 16.5. The first-order chi connectivity index (χ1) is 31.0. The predicted molar refractivity (Wildman–Crippen MR) is 221 cm³/mol. The summed E-state index contributed by atoms with van der Waals surface area (Å²) in [5.74, 6) is -4.67. The summed E-state index contributed by atoms with van der Waals surface area (Å²) in [5, 5.41) is 6.80. The number of ether oxygens (including phenoxy) is 3. The summed E-state index contributed by atoms with van der Waals surface area (Å²) in [4.78, 5) is 70.3. The number of amides is 3. The Bertz CT molecular complexity index is 2090. The summed E-state index contributed by atoms with van der Waals surface area (Å²) in [7, 11) is 4.23. The van der Waals surface area contributed by atoms with Gasteiger partial charge in [0, 0.05) is 60.1 Å². The van der Waals surface area contributed by atoms with E-state index in [2.05, 4.69) is 16.0 Å². The first-order valence-corrected chi connectivity index (χ1v) is 18.1. The second kappa shape index (κ2) is 28.4. The van der Waals surface area contributed by atoms with Crippen molar-refractivity contribution >= 4 is 35.1 Å². The Balaban J connectivity index is 0.000000505. The number of carbonyl (C=O) groups is 6. The van der Waals surface area contributed by atoms with Crippen molar-refractivity contribution in [3.05, 3.63) is 106 Å². The zero-order valence-corrected chi connectivity index (χ0v) is 34.3. The smallest absolute Gasteiger partial charge is 0.226 e. The highest BCUT2D eigenvalue weighted by Crippen LogP contribution is 2.10. The van der Waals surface area contributed by atoms with E-state index < -0.39 is 78.7 Å². The average Bonchev–Trinajstić information content (AvgIpc) is 3.21. The molecule has 0 heterocycles. The first-order valence-electron chi connectivity index (χ1n) is 23.1. The standard InChI is InChI=1S/3C15H21NO3/c3*1-11-5-4-6-13(7-11)9-16-15(18)14(10-19-3)8-12(2)17/h3*4-7,14H,8-10H2,1-3H3,(H,16,18)/i4D,5D,6D,7D,9D2;2*9D2. The lowest BCUT2D eigenvalue weighted by Crippen LogP contribution is -2.33. The van der Waals surface area contributed by atoms with Gasteiger partial charge in [-0.05, 0) is 58.2 Å². The summed E-state index contributed by atoms with van der Waals surface area (Å²) in [6.07, 6.45) is -0.0707. The lowest BCUT2D eigenvalue weighted by molar-refractivity contribution is -0.130. The van der Waals surface area contributed by atoms with Crippen LogP contribution in [-0.2, 0) is 62.5 Å². The van der Waals surface area contributed by atoms with Crippen LogP contribution in [0.3, 0.4) is 0 Å². The minimum absolute atomic E-state index is 0.0313. The fourth-order valence-corrected chi connectivity index (χ4v) is 4.97. The third-order valence-corrected chi connectivity index (χ3v) is 7.57. The third kappa shape index (κ3) is 22.9. The Labute approximate surface area is 352 Å². The minimum Gasteiger partial charge on any atom is -0.384 e. The Morgan fingerprint density at radius 1 is 0.561 bits per heavy atom. The maximum absolute atomic E-state index is 12.3. The van der Waals surface area contributed by atoms with Crippen molar-refractivity contribution in [1.82, 2.24) is 16.0 Å². The van der Waals surface area contributed by atoms with E-state index >= 15 is 0 Å². The maximum atomic E-state index is 12.3. The van der Waals surface area contributed by atoms with Gasteiger partial charge in [-0.3, -0.25) is 14.4 Å². The molecule has 12 nitrogen and oxygen atoms in total. The first kappa shape index (κ1) is 35.1. The molecule has 0 radical (unpaired) electrons. The minimum atomic E-state index is -2.61. The molecule has 3 aromatic rings. The van der Waals surface area contributed by atoms with E-state index in [1.165, 1.54) is 49.0 Å². The number of hydrogen-bond acceptors (Lipinski definition) is 9. The van der Waals surface area contributed by atoms with Gasteiger partial charge in [0.2, 0.25) is 17.7 Å². The second-order valence-corrected chi connectivity index (χ2v) is 13.3. The zero-order chi connectivity index (χ0) is 51.6. The largest absolute Gasteiger partial charge is 0.384 e. The molecule has 0 aliphatic carbocycles. The van der Waals surface area contributed by atoms with Gasteiger partial charge in [0.15, 0.2) is 0 Å². The van der Waals surface area contributed by atoms with Crippen LogP contribution in [0.2, 0.25) is 0 Å². The molecular weight excluding hydrogens is 727 g/mol. The molecular formula is C45H63N3O9. The average molecular weight is 800 g/mol. The van der Waals surface area contributed by atoms with Crippen LogP contribution in [0, 0.1) is 38.5 Å². The van der Waals surface area contributed by atoms with Crippen molar-refractivity contribution < 1.29 is 56.7 Å². The van der Waals surface area contributed by atoms with Gasteiger partial charge >= 0.3 is 0 Å². The van der Waals surface area contributed by atoms with Gasteiger partial charge in [-0.1, -0.05) is 89.4 Å². The van der Waals surface area contributed by atoms with Gasteiger partial charge in [-0.15, -0.1) is 0 Å². The summed E-state index contributed by atoms with van der Waals surface area (Å²) in [6.45, 7) is 2.65. The number of Topliss-reactive ketones (excluding diaryl/α,β-unsaturated/α-hetero) is 3. The van der Waals surface area contributed by atoms with Crippen LogP contribution in [0.4, 0.5) is 0 Å². The topological polar surface area (TPSA) is 166 Å². The fraction of sp³-hybridized carbons (Fsp3) is 0.467. The van der Waals surface area contributed by atoms with Crippen molar-refractivity contribution in [2.45, 2.75) is 80.3 Å². The third-order valence-electron chi connectivity index (χ3n) is 7.57. The Hall–Kier alpha value is -5.04. The fourth-order valence-electron chi connectivity index (χ4n) is 4.97. The normalized spacial score (nSPS) is 15.2. The van der Waals surface area contributed by atoms with Crippen LogP contribution in [0.5, 0.6) is 0 Å². The summed E-state index contributed by atoms with van der Waals surface area (Å²) >= 11 is 0. The molecule has 0 bridgehead atoms. The van der Waals surface area contributed by atoms with Crippen molar-refractivity contribution in [2.75, 3.05) is 41.2 Å². The maximum Gasteiger partial charge on any atom is 0.226 e. The van der Waals surface area contributed by atoms with Crippen LogP contribution < -0.4 is 16.0 Å². The summed E-state index contributed by atoms with van der Waals surface area (Å²) in [5.41, 5.74) is 2.11. The molecule has 0 aromatic heterocycles. The van der Waals surface area contributed by atoms with E-state index in [-0.39, 0.29) is 68.0 Å². The van der Waals surface area contributed by atoms with Crippen LogP contribution in [0.15, 0.2) is 72.7 Å². The molecule has 3 amide bonds. The number of ketones is 3. The second-order valence-electron chi connectivity index (χ2n) is 13.3. The van der Waals surface area contributed by atoms with E-state index in [1.807, 2.05) is 26.0 Å². The van der Waals surface area contributed by atoms with Crippen LogP contribution in [-0.4, -0.2) is 76.2 Å². The molecule has 0 fully saturated rings. The van der Waals surface area contributed by atoms with Crippen LogP contribution >= 0.6 is 0 Å². The lowest BCUT2D eigenvalue weighted by atomic mass is 10.0. The Morgan fingerprint density at radius 2 is 0.912 bits per heavy atom. The number of nitrogens with one attached hydrogen (secondary N) is 3. The highest BCUT2D eigenvalue weighted by molar-refractivity contribution is 5.87. The quantitative estimate of drug-likeness (QED) is 0.125. The van der Waals surface area contributed by atoms with Crippen LogP contribution in [0.25, 0.3) is 0 Å². The number of benzene rings is 3. The Kier molecular flexibility index (Phi) is 17.5. The zero-order valence-electron chi connectivity index (χ0n) is 44.3. The molecule has 3 atom stereocenters. The monoisotopic (exact) mass is 800 g/mol. The highest BCUT2D eigenvalue weighted by Gasteiger charge is 2.22. The summed E-state index contributed by atoms with van der Waals surface area (Å²) in [6, 6.07) is 11.9. The number of aryl methyl sites for hydroxylation is 2. The molecule has 12 heteroatoms. The van der Waals surface area contributed by atoms with Crippen molar-refractivity contribution in [3.63, 3.8) is 0 Å². The summed E-state index contributed by atoms with van der Waals surface area (Å²) < 4.78 is 94.2. The van der Waals surface area contributed by atoms with E-state index in [0.717, 1.165) is 11.1 Å². The molecule has 3 rings (SSSR count). The molecule has 57 heavy (non-hydrogen) atoms. The van der Waals surface area contributed by atoms with Gasteiger partial charge in [0.1, 0.15) is 17.3 Å². The lowest BCUT2D eigenvalue weighted by Gasteiger charge is -2.14. The van der Waals surface area contributed by atoms with Gasteiger partial charge in [0.25, 0.3) is 0 Å². The van der Waals surface area contributed by atoms with Gasteiger partial charge < -0.3 is 44.5 Å². The SMILES string of the molecule is [2H]C([2H])(NC(=O)C(COC)CC(C)=O)c1cccc(C)c1.[2H]C([2H])(NC(=O)C(COC)CC(C)=O)c1cccc(C)c1.[2H]c1c([2H])c(C)c([2H])c(C([2H])([2H])NC(=O)C(COC)CC(C)=O)c1[2H]. The molecule has 312 valence electrons. The van der Waals surface area contributed by atoms with Crippen molar-refractivity contribution in [2.24, 2.45) is 17.8 Å².